The molecule has 24 heavy (non-hydrogen) atoms. The molecule has 0 aliphatic heterocycles. The van der Waals surface area contributed by atoms with Gasteiger partial charge in [0, 0.05) is 34.1 Å². The maximum Gasteiger partial charge on any atom is 0.0731 e. The molecule has 0 fully saturated rings. The van der Waals surface area contributed by atoms with E-state index in [0.717, 1.165) is 40.4 Å². The van der Waals surface area contributed by atoms with E-state index in [1.165, 1.54) is 4.88 Å². The third kappa shape index (κ3) is 4.35. The van der Waals surface area contributed by atoms with E-state index in [0.29, 0.717) is 0 Å². The van der Waals surface area contributed by atoms with Crippen LogP contribution >= 0.6 is 22.9 Å². The zero-order valence-corrected chi connectivity index (χ0v) is 15.4. The molecule has 3 aromatic rings. The van der Waals surface area contributed by atoms with Gasteiger partial charge in [0.15, 0.2) is 0 Å². The van der Waals surface area contributed by atoms with Crippen LogP contribution < -0.4 is 5.32 Å². The van der Waals surface area contributed by atoms with Crippen LogP contribution in [0.3, 0.4) is 0 Å². The van der Waals surface area contributed by atoms with Gasteiger partial charge in [0.25, 0.3) is 0 Å². The quantitative estimate of drug-likeness (QED) is 0.665. The topological polar surface area (TPSA) is 28.2 Å². The SMILES string of the molecule is CN(C)CCNc1cc(/C=C/c2cccs2)nc2ccc(Cl)cc12. The van der Waals surface area contributed by atoms with E-state index in [2.05, 4.69) is 54.0 Å². The highest BCUT2D eigenvalue weighted by Gasteiger charge is 2.06. The number of nitrogens with one attached hydrogen (secondary N) is 1. The Balaban J connectivity index is 1.94. The van der Waals surface area contributed by atoms with Crippen LogP contribution in [0.1, 0.15) is 10.6 Å². The Bertz CT molecular complexity index is 841. The Morgan fingerprint density at radius 2 is 2.08 bits per heavy atom. The first-order valence-corrected chi connectivity index (χ1v) is 9.08. The average molecular weight is 358 g/mol. The van der Waals surface area contributed by atoms with Crippen molar-refractivity contribution in [1.29, 1.82) is 0 Å². The van der Waals surface area contributed by atoms with Gasteiger partial charge < -0.3 is 10.2 Å². The molecule has 0 aliphatic carbocycles. The number of nitrogens with zero attached hydrogens (tertiary/aromatic N) is 2. The van der Waals surface area contributed by atoms with E-state index < -0.39 is 0 Å². The van der Waals surface area contributed by atoms with E-state index in [1.54, 1.807) is 11.3 Å². The summed E-state index contributed by atoms with van der Waals surface area (Å²) in [4.78, 5) is 8.10. The lowest BCUT2D eigenvalue weighted by molar-refractivity contribution is 0.425. The normalized spacial score (nSPS) is 11.7. The number of pyridine rings is 1. The van der Waals surface area contributed by atoms with Gasteiger partial charge in [0.2, 0.25) is 0 Å². The summed E-state index contributed by atoms with van der Waals surface area (Å²) >= 11 is 7.88. The fourth-order valence-electron chi connectivity index (χ4n) is 2.42. The van der Waals surface area contributed by atoms with E-state index in [9.17, 15) is 0 Å². The summed E-state index contributed by atoms with van der Waals surface area (Å²) in [6, 6.07) is 12.0. The summed E-state index contributed by atoms with van der Waals surface area (Å²) < 4.78 is 0. The smallest absolute Gasteiger partial charge is 0.0731 e. The number of benzene rings is 1. The molecule has 1 N–H and O–H groups in total. The van der Waals surface area contributed by atoms with Gasteiger partial charge in [-0.15, -0.1) is 11.3 Å². The lowest BCUT2D eigenvalue weighted by Gasteiger charge is -2.14. The Morgan fingerprint density at radius 1 is 1.21 bits per heavy atom. The third-order valence-electron chi connectivity index (χ3n) is 3.63. The molecule has 124 valence electrons. The Morgan fingerprint density at radius 3 is 2.83 bits per heavy atom. The minimum atomic E-state index is 0.724. The van der Waals surface area contributed by atoms with Gasteiger partial charge in [0.05, 0.1) is 11.2 Å². The Hall–Kier alpha value is -1.88. The van der Waals surface area contributed by atoms with Crippen LogP contribution in [0.5, 0.6) is 0 Å². The first-order valence-electron chi connectivity index (χ1n) is 7.82. The number of thiophene rings is 1. The number of anilines is 1. The first-order chi connectivity index (χ1) is 11.6. The molecule has 0 atom stereocenters. The Kier molecular flexibility index (Phi) is 5.51. The zero-order chi connectivity index (χ0) is 16.9. The van der Waals surface area contributed by atoms with E-state index in [1.807, 2.05) is 24.3 Å². The van der Waals surface area contributed by atoms with Crippen LogP contribution in [-0.4, -0.2) is 37.1 Å². The van der Waals surface area contributed by atoms with Crippen molar-refractivity contribution >= 4 is 51.7 Å². The molecule has 2 aromatic heterocycles. The molecule has 0 bridgehead atoms. The minimum Gasteiger partial charge on any atom is -0.383 e. The van der Waals surface area contributed by atoms with Crippen LogP contribution in [0.4, 0.5) is 5.69 Å². The molecule has 3 nitrogen and oxygen atoms in total. The van der Waals surface area contributed by atoms with E-state index in [4.69, 9.17) is 16.6 Å². The second-order valence-electron chi connectivity index (χ2n) is 5.83. The molecule has 2 heterocycles. The summed E-state index contributed by atoms with van der Waals surface area (Å²) in [5, 5.41) is 7.36. The summed E-state index contributed by atoms with van der Waals surface area (Å²) in [6.45, 7) is 1.83. The second-order valence-corrected chi connectivity index (χ2v) is 7.25. The average Bonchev–Trinajstić information content (AvgIpc) is 3.06. The lowest BCUT2D eigenvalue weighted by atomic mass is 10.1. The van der Waals surface area contributed by atoms with Crippen LogP contribution in [0.2, 0.25) is 5.02 Å². The van der Waals surface area contributed by atoms with Crippen LogP contribution in [0, 0.1) is 0 Å². The molecule has 1 aromatic carbocycles. The molecule has 0 saturated heterocycles. The first kappa shape index (κ1) is 17.0. The summed E-state index contributed by atoms with van der Waals surface area (Å²) in [7, 11) is 4.14. The fourth-order valence-corrected chi connectivity index (χ4v) is 3.21. The molecule has 0 saturated carbocycles. The zero-order valence-electron chi connectivity index (χ0n) is 13.8. The van der Waals surface area contributed by atoms with Gasteiger partial charge in [-0.05, 0) is 62.0 Å². The van der Waals surface area contributed by atoms with Crippen LogP contribution in [-0.2, 0) is 0 Å². The number of hydrogen-bond acceptors (Lipinski definition) is 4. The number of likely N-dealkylation sites (N-methyl/N-ethyl adjacent to an activating group) is 1. The maximum atomic E-state index is 6.17. The van der Waals surface area contributed by atoms with Crippen LogP contribution in [0.25, 0.3) is 23.1 Å². The minimum absolute atomic E-state index is 0.724. The van der Waals surface area contributed by atoms with Crippen molar-refractivity contribution in [3.63, 3.8) is 0 Å². The number of fused-ring (bicyclic) bond motifs is 1. The molecule has 5 heteroatoms. The lowest BCUT2D eigenvalue weighted by Crippen LogP contribution is -2.20. The number of hydrogen-bond donors (Lipinski definition) is 1. The van der Waals surface area contributed by atoms with Crippen molar-refractivity contribution < 1.29 is 0 Å². The standard InChI is InChI=1S/C19H20ClN3S/c1-23(2)10-9-21-19-13-15(6-7-16-4-3-11-24-16)22-18-8-5-14(20)12-17(18)19/h3-8,11-13H,9-10H2,1-2H3,(H,21,22)/b7-6+. The highest BCUT2D eigenvalue weighted by Crippen LogP contribution is 2.27. The maximum absolute atomic E-state index is 6.17. The van der Waals surface area contributed by atoms with Crippen molar-refractivity contribution in [2.75, 3.05) is 32.5 Å². The monoisotopic (exact) mass is 357 g/mol. The van der Waals surface area contributed by atoms with Gasteiger partial charge in [-0.1, -0.05) is 17.7 Å². The molecule has 0 amide bonds. The predicted octanol–water partition coefficient (Wildman–Crippen LogP) is 5.09. The molecular weight excluding hydrogens is 338 g/mol. The molecule has 3 rings (SSSR count). The van der Waals surface area contributed by atoms with Gasteiger partial charge in [0.1, 0.15) is 0 Å². The van der Waals surface area contributed by atoms with Crippen molar-refractivity contribution in [3.05, 3.63) is 57.4 Å². The van der Waals surface area contributed by atoms with Crippen molar-refractivity contribution in [2.24, 2.45) is 0 Å². The number of aromatic nitrogens is 1. The molecule has 0 unspecified atom stereocenters. The van der Waals surface area contributed by atoms with Crippen LogP contribution in [0.15, 0.2) is 41.8 Å². The molecule has 0 spiro atoms. The second kappa shape index (κ2) is 7.79. The van der Waals surface area contributed by atoms with E-state index in [-0.39, 0.29) is 0 Å². The third-order valence-corrected chi connectivity index (χ3v) is 4.70. The predicted molar refractivity (Wildman–Crippen MR) is 107 cm³/mol. The molecule has 0 aliphatic rings. The number of halogens is 1. The largest absolute Gasteiger partial charge is 0.383 e. The summed E-state index contributed by atoms with van der Waals surface area (Å²) in [5.41, 5.74) is 2.95. The molecule has 0 radical (unpaired) electrons. The van der Waals surface area contributed by atoms with Crippen molar-refractivity contribution in [2.45, 2.75) is 0 Å². The number of rotatable bonds is 6. The highest BCUT2D eigenvalue weighted by atomic mass is 35.5. The van der Waals surface area contributed by atoms with Gasteiger partial charge >= 0.3 is 0 Å². The van der Waals surface area contributed by atoms with Gasteiger partial charge in [-0.3, -0.25) is 0 Å². The van der Waals surface area contributed by atoms with Gasteiger partial charge in [-0.2, -0.15) is 0 Å². The highest BCUT2D eigenvalue weighted by molar-refractivity contribution is 7.10. The molecular formula is C19H20ClN3S. The van der Waals surface area contributed by atoms with Crippen molar-refractivity contribution in [1.82, 2.24) is 9.88 Å². The fraction of sp³-hybridized carbons (Fsp3) is 0.211. The van der Waals surface area contributed by atoms with Crippen molar-refractivity contribution in [3.8, 4) is 0 Å². The van der Waals surface area contributed by atoms with E-state index >= 15 is 0 Å². The summed E-state index contributed by atoms with van der Waals surface area (Å²) in [5.74, 6) is 0. The summed E-state index contributed by atoms with van der Waals surface area (Å²) in [6.07, 6.45) is 4.15. The Labute approximate surface area is 151 Å². The van der Waals surface area contributed by atoms with Gasteiger partial charge in [-0.25, -0.2) is 4.98 Å².